The van der Waals surface area contributed by atoms with E-state index in [2.05, 4.69) is 5.32 Å². The van der Waals surface area contributed by atoms with E-state index in [1.54, 1.807) is 30.3 Å². The van der Waals surface area contributed by atoms with Gasteiger partial charge in [0, 0.05) is 22.6 Å². The molecule has 44 heavy (non-hydrogen) atoms. The third kappa shape index (κ3) is 8.40. The molecule has 0 aromatic heterocycles. The lowest BCUT2D eigenvalue weighted by molar-refractivity contribution is -0.140. The fraction of sp³-hybridized carbons (Fsp3) is 0.375. The number of benzene rings is 3. The first-order chi connectivity index (χ1) is 20.9. The van der Waals surface area contributed by atoms with Crippen molar-refractivity contribution in [3.63, 3.8) is 0 Å². The largest absolute Gasteiger partial charge is 0.352 e. The second kappa shape index (κ2) is 15.2. The molecule has 12 heteroatoms. The molecule has 2 amide bonds. The molecule has 3 aromatic carbocycles. The Kier molecular flexibility index (Phi) is 11.9. The van der Waals surface area contributed by atoms with Crippen molar-refractivity contribution in [2.24, 2.45) is 0 Å². The summed E-state index contributed by atoms with van der Waals surface area (Å²) >= 11 is 25.1. The number of nitrogens with zero attached hydrogens (tertiary/aromatic N) is 2. The third-order valence-corrected chi connectivity index (χ3v) is 10.9. The molecule has 1 N–H and O–H groups in total. The maximum atomic E-state index is 14.3. The number of halogens is 4. The molecule has 1 aliphatic rings. The average molecular weight is 700 g/mol. The van der Waals surface area contributed by atoms with Crippen molar-refractivity contribution in [1.82, 2.24) is 10.2 Å². The SMILES string of the molecule is CC[C@H](C(=O)NC1CCCCC1)N(Cc1ccc(Cl)cc1Cl)C(=O)CN(c1ccc(Cl)c(Cl)c1)S(=O)(=O)c1ccc(C)cc1. The predicted octanol–water partition coefficient (Wildman–Crippen LogP) is 8.06. The van der Waals surface area contributed by atoms with Gasteiger partial charge in [0.25, 0.3) is 10.0 Å². The van der Waals surface area contributed by atoms with E-state index in [4.69, 9.17) is 46.4 Å². The van der Waals surface area contributed by atoms with Crippen LogP contribution in [0.15, 0.2) is 65.6 Å². The molecule has 7 nitrogen and oxygen atoms in total. The molecule has 0 radical (unpaired) electrons. The average Bonchev–Trinajstić information content (AvgIpc) is 2.99. The third-order valence-electron chi connectivity index (χ3n) is 7.77. The van der Waals surface area contributed by atoms with E-state index in [1.807, 2.05) is 13.8 Å². The molecule has 1 atom stereocenters. The van der Waals surface area contributed by atoms with Crippen molar-refractivity contribution in [3.8, 4) is 0 Å². The molecule has 236 valence electrons. The molecule has 0 bridgehead atoms. The Morgan fingerprint density at radius 1 is 0.886 bits per heavy atom. The first kappa shape index (κ1) is 34.4. The van der Waals surface area contributed by atoms with E-state index in [0.717, 1.165) is 42.0 Å². The topological polar surface area (TPSA) is 86.8 Å². The summed E-state index contributed by atoms with van der Waals surface area (Å²) in [6.45, 7) is 3.02. The minimum atomic E-state index is -4.25. The number of aryl methyl sites for hydroxylation is 1. The van der Waals surface area contributed by atoms with Gasteiger partial charge in [0.05, 0.1) is 20.6 Å². The van der Waals surface area contributed by atoms with E-state index in [-0.39, 0.29) is 39.1 Å². The number of sulfonamides is 1. The van der Waals surface area contributed by atoms with Crippen LogP contribution in [0, 0.1) is 6.92 Å². The summed E-state index contributed by atoms with van der Waals surface area (Å²) in [5.41, 5.74) is 1.59. The second-order valence-electron chi connectivity index (χ2n) is 10.9. The van der Waals surface area contributed by atoms with Gasteiger partial charge in [-0.15, -0.1) is 0 Å². The number of anilines is 1. The molecular weight excluding hydrogens is 664 g/mol. The highest BCUT2D eigenvalue weighted by molar-refractivity contribution is 7.92. The molecule has 0 spiro atoms. The van der Waals surface area contributed by atoms with Gasteiger partial charge >= 0.3 is 0 Å². The number of carbonyl (C=O) groups excluding carboxylic acids is 2. The summed E-state index contributed by atoms with van der Waals surface area (Å²) < 4.78 is 29.1. The lowest BCUT2D eigenvalue weighted by Crippen LogP contribution is -2.54. The van der Waals surface area contributed by atoms with Gasteiger partial charge in [-0.2, -0.15) is 0 Å². The van der Waals surface area contributed by atoms with E-state index in [1.165, 1.54) is 35.2 Å². The number of carbonyl (C=O) groups is 2. The monoisotopic (exact) mass is 697 g/mol. The molecule has 3 aromatic rings. The minimum absolute atomic E-state index is 0.00338. The zero-order valence-electron chi connectivity index (χ0n) is 24.5. The highest BCUT2D eigenvalue weighted by Gasteiger charge is 2.35. The maximum absolute atomic E-state index is 14.3. The van der Waals surface area contributed by atoms with Gasteiger partial charge in [-0.1, -0.05) is 96.4 Å². The van der Waals surface area contributed by atoms with Crippen LogP contribution in [0.5, 0.6) is 0 Å². The molecule has 0 unspecified atom stereocenters. The first-order valence-corrected chi connectivity index (χ1v) is 17.4. The van der Waals surface area contributed by atoms with Crippen LogP contribution < -0.4 is 9.62 Å². The normalized spacial score (nSPS) is 14.6. The lowest BCUT2D eigenvalue weighted by atomic mass is 9.95. The Bertz CT molecular complexity index is 1600. The Balaban J connectivity index is 1.74. The van der Waals surface area contributed by atoms with Crippen LogP contribution in [0.3, 0.4) is 0 Å². The van der Waals surface area contributed by atoms with Crippen molar-refractivity contribution in [2.45, 2.75) is 75.9 Å². The van der Waals surface area contributed by atoms with Gasteiger partial charge in [-0.3, -0.25) is 13.9 Å². The summed E-state index contributed by atoms with van der Waals surface area (Å²) in [6.07, 6.45) is 5.23. The summed E-state index contributed by atoms with van der Waals surface area (Å²) in [5.74, 6) is -0.885. The van der Waals surface area contributed by atoms with Crippen molar-refractivity contribution in [2.75, 3.05) is 10.8 Å². The van der Waals surface area contributed by atoms with Crippen molar-refractivity contribution < 1.29 is 18.0 Å². The number of hydrogen-bond donors (Lipinski definition) is 1. The molecule has 4 rings (SSSR count). The van der Waals surface area contributed by atoms with Crippen LogP contribution in [0.4, 0.5) is 5.69 Å². The maximum Gasteiger partial charge on any atom is 0.264 e. The highest BCUT2D eigenvalue weighted by atomic mass is 35.5. The fourth-order valence-corrected chi connectivity index (χ4v) is 7.47. The van der Waals surface area contributed by atoms with Gasteiger partial charge in [0.15, 0.2) is 0 Å². The molecule has 0 heterocycles. The highest BCUT2D eigenvalue weighted by Crippen LogP contribution is 2.31. The molecule has 1 aliphatic carbocycles. The zero-order valence-corrected chi connectivity index (χ0v) is 28.4. The Labute approximate surface area is 279 Å². The van der Waals surface area contributed by atoms with Crippen molar-refractivity contribution >= 4 is 73.9 Å². The molecule has 0 saturated heterocycles. The van der Waals surface area contributed by atoms with Crippen LogP contribution in [0.25, 0.3) is 0 Å². The molecular formula is C32H35Cl4N3O4S. The summed E-state index contributed by atoms with van der Waals surface area (Å²) in [6, 6.07) is 14.7. The predicted molar refractivity (Wildman–Crippen MR) is 178 cm³/mol. The van der Waals surface area contributed by atoms with E-state index >= 15 is 0 Å². The Morgan fingerprint density at radius 2 is 1.57 bits per heavy atom. The van der Waals surface area contributed by atoms with Crippen LogP contribution in [0.1, 0.15) is 56.6 Å². The second-order valence-corrected chi connectivity index (χ2v) is 14.5. The smallest absolute Gasteiger partial charge is 0.264 e. The van der Waals surface area contributed by atoms with E-state index < -0.39 is 28.5 Å². The van der Waals surface area contributed by atoms with Crippen LogP contribution in [-0.4, -0.2) is 43.8 Å². The number of nitrogens with one attached hydrogen (secondary N) is 1. The summed E-state index contributed by atoms with van der Waals surface area (Å²) in [5, 5.41) is 4.24. The first-order valence-electron chi connectivity index (χ1n) is 14.5. The Morgan fingerprint density at radius 3 is 2.18 bits per heavy atom. The summed E-state index contributed by atoms with van der Waals surface area (Å²) in [7, 11) is -4.25. The van der Waals surface area contributed by atoms with Gasteiger partial charge in [-0.05, 0) is 74.2 Å². The molecule has 1 saturated carbocycles. The van der Waals surface area contributed by atoms with Crippen molar-refractivity contribution in [1.29, 1.82) is 0 Å². The van der Waals surface area contributed by atoms with E-state index in [9.17, 15) is 18.0 Å². The zero-order chi connectivity index (χ0) is 32.0. The van der Waals surface area contributed by atoms with Gasteiger partial charge in [0.2, 0.25) is 11.8 Å². The lowest BCUT2D eigenvalue weighted by Gasteiger charge is -2.34. The Hall–Kier alpha value is -2.49. The quantitative estimate of drug-likeness (QED) is 0.220. The number of amides is 2. The number of rotatable bonds is 11. The fourth-order valence-electron chi connectivity index (χ4n) is 5.30. The molecule has 1 fully saturated rings. The molecule has 0 aliphatic heterocycles. The van der Waals surface area contributed by atoms with Crippen molar-refractivity contribution in [3.05, 3.63) is 91.9 Å². The van der Waals surface area contributed by atoms with Gasteiger partial charge in [-0.25, -0.2) is 8.42 Å². The number of hydrogen-bond acceptors (Lipinski definition) is 4. The van der Waals surface area contributed by atoms with Crippen LogP contribution in [0.2, 0.25) is 20.1 Å². The van der Waals surface area contributed by atoms with Crippen LogP contribution >= 0.6 is 46.4 Å². The van der Waals surface area contributed by atoms with E-state index in [0.29, 0.717) is 22.0 Å². The standard InChI is InChI=1S/C32H35Cl4N3O4S/c1-3-30(32(41)37-24-7-5-4-6-8-24)38(19-22-11-12-23(33)17-28(22)35)31(40)20-39(25-13-16-27(34)29(36)18-25)44(42,43)26-14-9-21(2)10-15-26/h9-18,24,30H,3-8,19-20H2,1-2H3,(H,37,41)/t30-/m1/s1. The van der Waals surface area contributed by atoms with Gasteiger partial charge in [0.1, 0.15) is 12.6 Å². The van der Waals surface area contributed by atoms with Gasteiger partial charge < -0.3 is 10.2 Å². The minimum Gasteiger partial charge on any atom is -0.352 e. The van der Waals surface area contributed by atoms with Crippen LogP contribution in [-0.2, 0) is 26.2 Å². The summed E-state index contributed by atoms with van der Waals surface area (Å²) in [4.78, 5) is 29.4.